The van der Waals surface area contributed by atoms with Crippen molar-refractivity contribution in [2.45, 2.75) is 49.7 Å². The Balaban J connectivity index is 1.43. The van der Waals surface area contributed by atoms with Gasteiger partial charge in [-0.15, -0.1) is 23.1 Å². The van der Waals surface area contributed by atoms with E-state index in [2.05, 4.69) is 10.6 Å². The van der Waals surface area contributed by atoms with Gasteiger partial charge in [0.25, 0.3) is 5.91 Å². The first-order valence-electron chi connectivity index (χ1n) is 12.8. The third-order valence-electron chi connectivity index (χ3n) is 6.31. The van der Waals surface area contributed by atoms with E-state index in [-0.39, 0.29) is 24.4 Å². The van der Waals surface area contributed by atoms with E-state index in [9.17, 15) is 14.4 Å². The van der Waals surface area contributed by atoms with E-state index in [4.69, 9.17) is 14.2 Å². The van der Waals surface area contributed by atoms with Gasteiger partial charge in [-0.25, -0.2) is 4.79 Å². The van der Waals surface area contributed by atoms with Crippen LogP contribution in [0.3, 0.4) is 0 Å². The van der Waals surface area contributed by atoms with E-state index in [0.29, 0.717) is 33.3 Å². The van der Waals surface area contributed by atoms with Crippen LogP contribution >= 0.6 is 23.1 Å². The van der Waals surface area contributed by atoms with Crippen LogP contribution in [0.1, 0.15) is 57.8 Å². The molecule has 2 amide bonds. The molecule has 0 fully saturated rings. The molecule has 0 spiro atoms. The molecule has 3 aromatic rings. The van der Waals surface area contributed by atoms with Gasteiger partial charge < -0.3 is 24.8 Å². The molecule has 1 aliphatic rings. The second-order valence-corrected chi connectivity index (χ2v) is 11.5. The van der Waals surface area contributed by atoms with E-state index in [0.717, 1.165) is 41.0 Å². The number of rotatable bonds is 10. The summed E-state index contributed by atoms with van der Waals surface area (Å²) < 4.78 is 15.8. The van der Waals surface area contributed by atoms with Crippen LogP contribution in [0.15, 0.2) is 47.4 Å². The van der Waals surface area contributed by atoms with E-state index < -0.39 is 5.25 Å². The Bertz CT molecular complexity index is 1370. The zero-order chi connectivity index (χ0) is 27.9. The maximum Gasteiger partial charge on any atom is 0.341 e. The van der Waals surface area contributed by atoms with E-state index >= 15 is 0 Å². The number of methoxy groups -OCH3 is 2. The lowest BCUT2D eigenvalue weighted by molar-refractivity contribution is -0.115. The summed E-state index contributed by atoms with van der Waals surface area (Å²) >= 11 is 2.84. The largest absolute Gasteiger partial charge is 0.493 e. The number of amides is 2. The molecule has 1 aromatic heterocycles. The van der Waals surface area contributed by atoms with Crippen LogP contribution in [0.25, 0.3) is 0 Å². The minimum absolute atomic E-state index is 0.205. The highest BCUT2D eigenvalue weighted by atomic mass is 32.2. The number of nitrogens with one attached hydrogen (secondary N) is 2. The van der Waals surface area contributed by atoms with Crippen molar-refractivity contribution in [3.05, 3.63) is 64.0 Å². The smallest absolute Gasteiger partial charge is 0.341 e. The number of ether oxygens (including phenoxy) is 3. The van der Waals surface area contributed by atoms with E-state index in [1.54, 1.807) is 31.2 Å². The third kappa shape index (κ3) is 6.75. The van der Waals surface area contributed by atoms with Crippen LogP contribution in [0.2, 0.25) is 0 Å². The van der Waals surface area contributed by atoms with Crippen LogP contribution in [0, 0.1) is 0 Å². The Hall–Kier alpha value is -3.50. The molecule has 206 valence electrons. The number of fused-ring (bicyclic) bond motifs is 1. The number of thiophene rings is 1. The zero-order valence-electron chi connectivity index (χ0n) is 22.4. The lowest BCUT2D eigenvalue weighted by Gasteiger charge is -2.14. The number of anilines is 2. The average molecular weight is 569 g/mol. The summed E-state index contributed by atoms with van der Waals surface area (Å²) in [5.74, 6) is 0.121. The molecule has 2 N–H and O–H groups in total. The van der Waals surface area contributed by atoms with Crippen LogP contribution < -0.4 is 20.1 Å². The Labute approximate surface area is 236 Å². The van der Waals surface area contributed by atoms with Crippen molar-refractivity contribution < 1.29 is 28.6 Å². The summed E-state index contributed by atoms with van der Waals surface area (Å²) in [5, 5.41) is 5.99. The predicted octanol–water partition coefficient (Wildman–Crippen LogP) is 6.19. The predicted molar refractivity (Wildman–Crippen MR) is 155 cm³/mol. The molecular weight excluding hydrogens is 536 g/mol. The van der Waals surface area contributed by atoms with Crippen LogP contribution in [-0.2, 0) is 22.4 Å². The van der Waals surface area contributed by atoms with Gasteiger partial charge in [0.2, 0.25) is 5.91 Å². The lowest BCUT2D eigenvalue weighted by atomic mass is 9.95. The van der Waals surface area contributed by atoms with Gasteiger partial charge in [0.15, 0.2) is 11.5 Å². The number of carbonyl (C=O) groups excluding carboxylic acids is 3. The molecule has 0 radical (unpaired) electrons. The quantitative estimate of drug-likeness (QED) is 0.222. The second kappa shape index (κ2) is 13.0. The Morgan fingerprint density at radius 1 is 1.00 bits per heavy atom. The molecule has 1 aliphatic carbocycles. The summed E-state index contributed by atoms with van der Waals surface area (Å²) in [6.45, 7) is 3.87. The molecule has 39 heavy (non-hydrogen) atoms. The van der Waals surface area contributed by atoms with Crippen molar-refractivity contribution in [2.75, 3.05) is 31.5 Å². The minimum Gasteiger partial charge on any atom is -0.493 e. The van der Waals surface area contributed by atoms with Gasteiger partial charge >= 0.3 is 5.97 Å². The van der Waals surface area contributed by atoms with Gasteiger partial charge in [-0.2, -0.15) is 0 Å². The molecular formula is C29H32N2O6S2. The topological polar surface area (TPSA) is 103 Å². The molecule has 0 saturated heterocycles. The van der Waals surface area contributed by atoms with Crippen molar-refractivity contribution in [1.82, 2.24) is 0 Å². The van der Waals surface area contributed by atoms with Gasteiger partial charge in [0, 0.05) is 21.0 Å². The maximum atomic E-state index is 13.2. The molecule has 0 aliphatic heterocycles. The van der Waals surface area contributed by atoms with E-state index in [1.807, 2.05) is 25.1 Å². The molecule has 1 unspecified atom stereocenters. The first-order chi connectivity index (χ1) is 18.8. The molecule has 1 atom stereocenters. The first kappa shape index (κ1) is 28.5. The van der Waals surface area contributed by atoms with E-state index in [1.165, 1.54) is 37.3 Å². The molecule has 8 nitrogen and oxygen atoms in total. The fourth-order valence-electron chi connectivity index (χ4n) is 4.37. The van der Waals surface area contributed by atoms with Crippen molar-refractivity contribution in [1.29, 1.82) is 0 Å². The van der Waals surface area contributed by atoms with Crippen molar-refractivity contribution in [2.24, 2.45) is 0 Å². The van der Waals surface area contributed by atoms with Crippen molar-refractivity contribution >= 4 is 51.6 Å². The summed E-state index contributed by atoms with van der Waals surface area (Å²) in [4.78, 5) is 40.7. The SMILES string of the molecule is CCOC(=O)c1c(NC(=O)C(C)Sc2cccc(NC(=O)c3ccc(OC)c(OC)c3)c2)sc2c1CCCC2. The molecule has 1 heterocycles. The van der Waals surface area contributed by atoms with Gasteiger partial charge in [0.1, 0.15) is 5.00 Å². The average Bonchev–Trinajstić information content (AvgIpc) is 3.30. The first-order valence-corrected chi connectivity index (χ1v) is 14.5. The Kier molecular flexibility index (Phi) is 9.53. The maximum absolute atomic E-state index is 13.2. The van der Waals surface area contributed by atoms with Crippen molar-refractivity contribution in [3.8, 4) is 11.5 Å². The standard InChI is InChI=1S/C29H32N2O6S2/c1-5-37-29(34)25-21-11-6-7-12-24(21)39-28(25)31-26(32)17(2)38-20-10-8-9-19(16-20)30-27(33)18-13-14-22(35-3)23(15-18)36-4/h8-10,13-17H,5-7,11-12H2,1-4H3,(H,30,33)(H,31,32). The Morgan fingerprint density at radius 2 is 1.77 bits per heavy atom. The van der Waals surface area contributed by atoms with Gasteiger partial charge in [-0.05, 0) is 81.5 Å². The highest BCUT2D eigenvalue weighted by Gasteiger charge is 2.28. The molecule has 0 bridgehead atoms. The number of benzene rings is 2. The van der Waals surface area contributed by atoms with Crippen LogP contribution in [0.4, 0.5) is 10.7 Å². The minimum atomic E-state index is -0.448. The van der Waals surface area contributed by atoms with Gasteiger partial charge in [-0.1, -0.05) is 6.07 Å². The van der Waals surface area contributed by atoms with Crippen molar-refractivity contribution in [3.63, 3.8) is 0 Å². The Morgan fingerprint density at radius 3 is 2.51 bits per heavy atom. The fraction of sp³-hybridized carbons (Fsp3) is 0.345. The van der Waals surface area contributed by atoms with Gasteiger partial charge in [-0.3, -0.25) is 9.59 Å². The number of carbonyl (C=O) groups is 3. The summed E-state index contributed by atoms with van der Waals surface area (Å²) in [6, 6.07) is 12.3. The zero-order valence-corrected chi connectivity index (χ0v) is 24.1. The van der Waals surface area contributed by atoms with Gasteiger partial charge in [0.05, 0.1) is 31.6 Å². The summed E-state index contributed by atoms with van der Waals surface area (Å²) in [6.07, 6.45) is 3.83. The molecule has 2 aromatic carbocycles. The molecule has 4 rings (SSSR count). The highest BCUT2D eigenvalue weighted by Crippen LogP contribution is 2.39. The monoisotopic (exact) mass is 568 g/mol. The second-order valence-electron chi connectivity index (χ2n) is 8.94. The number of hydrogen-bond acceptors (Lipinski definition) is 8. The number of aryl methyl sites for hydroxylation is 1. The third-order valence-corrected chi connectivity index (χ3v) is 8.61. The fourth-order valence-corrected chi connectivity index (χ4v) is 6.58. The normalized spacial score (nSPS) is 13.1. The number of esters is 1. The summed E-state index contributed by atoms with van der Waals surface area (Å²) in [7, 11) is 3.05. The number of thioether (sulfide) groups is 1. The summed E-state index contributed by atoms with van der Waals surface area (Å²) in [5.41, 5.74) is 2.54. The highest BCUT2D eigenvalue weighted by molar-refractivity contribution is 8.00. The molecule has 0 saturated carbocycles. The lowest BCUT2D eigenvalue weighted by Crippen LogP contribution is -2.23. The molecule has 10 heteroatoms. The van der Waals surface area contributed by atoms with Crippen LogP contribution in [-0.4, -0.2) is 43.9 Å². The van der Waals surface area contributed by atoms with Crippen LogP contribution in [0.5, 0.6) is 11.5 Å². The number of hydrogen-bond donors (Lipinski definition) is 2.